The van der Waals surface area contributed by atoms with Gasteiger partial charge < -0.3 is 14.8 Å². The van der Waals surface area contributed by atoms with Crippen molar-refractivity contribution in [3.63, 3.8) is 0 Å². The van der Waals surface area contributed by atoms with Gasteiger partial charge in [0.05, 0.1) is 24.2 Å². The standard InChI is InChI=1S/C25H20BrClN4O4/c1-15-29-21-9-4-17(26)12-20(21)25(33)31(15)28-13-16-3-10-22(23(11-16)34-2)35-14-24(32)30-19-7-5-18(27)6-8-19/h3-13H,14H2,1-2H3,(H,30,32). The highest BCUT2D eigenvalue weighted by Crippen LogP contribution is 2.27. The van der Waals surface area contributed by atoms with Crippen molar-refractivity contribution in [3.8, 4) is 11.5 Å². The summed E-state index contributed by atoms with van der Waals surface area (Å²) in [6.45, 7) is 1.51. The molecule has 8 nitrogen and oxygen atoms in total. The second kappa shape index (κ2) is 10.7. The lowest BCUT2D eigenvalue weighted by Gasteiger charge is -2.11. The summed E-state index contributed by atoms with van der Waals surface area (Å²) in [6, 6.07) is 17.2. The molecule has 1 amide bonds. The van der Waals surface area contributed by atoms with Crippen LogP contribution in [0.1, 0.15) is 11.4 Å². The first-order chi connectivity index (χ1) is 16.8. The largest absolute Gasteiger partial charge is 0.493 e. The molecule has 0 spiro atoms. The fraction of sp³-hybridized carbons (Fsp3) is 0.120. The van der Waals surface area contributed by atoms with E-state index in [0.29, 0.717) is 44.5 Å². The zero-order chi connectivity index (χ0) is 24.9. The van der Waals surface area contributed by atoms with Crippen molar-refractivity contribution in [2.45, 2.75) is 6.92 Å². The van der Waals surface area contributed by atoms with Crippen molar-refractivity contribution in [2.24, 2.45) is 5.10 Å². The second-order valence-corrected chi connectivity index (χ2v) is 8.79. The maximum atomic E-state index is 12.9. The molecule has 0 saturated carbocycles. The molecule has 0 aliphatic carbocycles. The fourth-order valence-corrected chi connectivity index (χ4v) is 3.76. The number of fused-ring (bicyclic) bond motifs is 1. The molecule has 10 heteroatoms. The van der Waals surface area contributed by atoms with Gasteiger partial charge in [-0.1, -0.05) is 27.5 Å². The summed E-state index contributed by atoms with van der Waals surface area (Å²) < 4.78 is 13.1. The van der Waals surface area contributed by atoms with Gasteiger partial charge in [-0.05, 0) is 73.2 Å². The molecular weight excluding hydrogens is 536 g/mol. The predicted octanol–water partition coefficient (Wildman–Crippen LogP) is 5.03. The Morgan fingerprint density at radius 1 is 1.14 bits per heavy atom. The lowest BCUT2D eigenvalue weighted by atomic mass is 10.2. The highest BCUT2D eigenvalue weighted by molar-refractivity contribution is 9.10. The number of aryl methyl sites for hydroxylation is 1. The summed E-state index contributed by atoms with van der Waals surface area (Å²) in [5.74, 6) is 0.935. The van der Waals surface area contributed by atoms with E-state index in [-0.39, 0.29) is 18.1 Å². The molecule has 0 fully saturated rings. The normalized spacial score (nSPS) is 11.1. The molecule has 1 aromatic heterocycles. The van der Waals surface area contributed by atoms with Crippen LogP contribution in [-0.4, -0.2) is 35.5 Å². The smallest absolute Gasteiger partial charge is 0.282 e. The molecule has 1 heterocycles. The number of ether oxygens (including phenoxy) is 2. The van der Waals surface area contributed by atoms with Crippen LogP contribution < -0.4 is 20.3 Å². The first kappa shape index (κ1) is 24.4. The Labute approximate surface area is 214 Å². The summed E-state index contributed by atoms with van der Waals surface area (Å²) in [7, 11) is 1.50. The van der Waals surface area contributed by atoms with Crippen LogP contribution in [0, 0.1) is 6.92 Å². The van der Waals surface area contributed by atoms with Crippen LogP contribution in [0.25, 0.3) is 10.9 Å². The van der Waals surface area contributed by atoms with E-state index in [1.165, 1.54) is 18.0 Å². The van der Waals surface area contributed by atoms with Gasteiger partial charge in [-0.2, -0.15) is 9.78 Å². The van der Waals surface area contributed by atoms with Crippen LogP contribution in [0.5, 0.6) is 11.5 Å². The number of methoxy groups -OCH3 is 1. The Kier molecular flexibility index (Phi) is 7.48. The Bertz CT molecular complexity index is 1490. The molecule has 4 rings (SSSR count). The number of nitrogens with one attached hydrogen (secondary N) is 1. The van der Waals surface area contributed by atoms with Gasteiger partial charge in [0, 0.05) is 15.2 Å². The molecule has 178 valence electrons. The molecule has 0 radical (unpaired) electrons. The van der Waals surface area contributed by atoms with Crippen molar-refractivity contribution in [1.82, 2.24) is 9.66 Å². The van der Waals surface area contributed by atoms with Gasteiger partial charge >= 0.3 is 0 Å². The highest BCUT2D eigenvalue weighted by atomic mass is 79.9. The first-order valence-corrected chi connectivity index (χ1v) is 11.6. The summed E-state index contributed by atoms with van der Waals surface area (Å²) in [5, 5.41) is 8.09. The van der Waals surface area contributed by atoms with Crippen molar-refractivity contribution < 1.29 is 14.3 Å². The summed E-state index contributed by atoms with van der Waals surface area (Å²) in [6.07, 6.45) is 1.53. The zero-order valence-electron chi connectivity index (χ0n) is 18.8. The van der Waals surface area contributed by atoms with Gasteiger partial charge in [0.25, 0.3) is 11.5 Å². The van der Waals surface area contributed by atoms with E-state index in [9.17, 15) is 9.59 Å². The third-order valence-electron chi connectivity index (χ3n) is 4.97. The first-order valence-electron chi connectivity index (χ1n) is 10.4. The maximum Gasteiger partial charge on any atom is 0.282 e. The molecule has 35 heavy (non-hydrogen) atoms. The van der Waals surface area contributed by atoms with Crippen LogP contribution in [0.15, 0.2) is 75.0 Å². The number of amides is 1. The minimum absolute atomic E-state index is 0.209. The van der Waals surface area contributed by atoms with Gasteiger partial charge in [-0.25, -0.2) is 4.98 Å². The van der Waals surface area contributed by atoms with E-state index >= 15 is 0 Å². The van der Waals surface area contributed by atoms with Crippen molar-refractivity contribution >= 4 is 56.2 Å². The molecule has 0 unspecified atom stereocenters. The molecule has 0 aliphatic rings. The summed E-state index contributed by atoms with van der Waals surface area (Å²) >= 11 is 9.23. The summed E-state index contributed by atoms with van der Waals surface area (Å²) in [4.78, 5) is 29.6. The van der Waals surface area contributed by atoms with Crippen LogP contribution in [0.3, 0.4) is 0 Å². The molecule has 0 bridgehead atoms. The number of nitrogens with zero attached hydrogens (tertiary/aromatic N) is 3. The molecule has 4 aromatic rings. The number of benzene rings is 3. The SMILES string of the molecule is COc1cc(C=Nn2c(C)nc3ccc(Br)cc3c2=O)ccc1OCC(=O)Nc1ccc(Cl)cc1. The monoisotopic (exact) mass is 554 g/mol. The van der Waals surface area contributed by atoms with Crippen molar-refractivity contribution in [3.05, 3.63) is 91.9 Å². The number of halogens is 2. The van der Waals surface area contributed by atoms with Crippen LogP contribution in [-0.2, 0) is 4.79 Å². The second-order valence-electron chi connectivity index (χ2n) is 7.44. The van der Waals surface area contributed by atoms with Gasteiger partial charge in [-0.3, -0.25) is 9.59 Å². The lowest BCUT2D eigenvalue weighted by Crippen LogP contribution is -2.20. The number of hydrogen-bond donors (Lipinski definition) is 1. The van der Waals surface area contributed by atoms with Crippen LogP contribution in [0.4, 0.5) is 5.69 Å². The molecular formula is C25H20BrClN4O4. The summed E-state index contributed by atoms with van der Waals surface area (Å²) in [5.41, 5.74) is 1.61. The highest BCUT2D eigenvalue weighted by Gasteiger charge is 2.10. The fourth-order valence-electron chi connectivity index (χ4n) is 3.28. The zero-order valence-corrected chi connectivity index (χ0v) is 21.1. The predicted molar refractivity (Wildman–Crippen MR) is 140 cm³/mol. The van der Waals surface area contributed by atoms with E-state index in [2.05, 4.69) is 31.3 Å². The molecule has 1 N–H and O–H groups in total. The van der Waals surface area contributed by atoms with Gasteiger partial charge in [-0.15, -0.1) is 0 Å². The van der Waals surface area contributed by atoms with E-state index < -0.39 is 0 Å². The van der Waals surface area contributed by atoms with Gasteiger partial charge in [0.2, 0.25) is 0 Å². The van der Waals surface area contributed by atoms with Crippen molar-refractivity contribution in [1.29, 1.82) is 0 Å². The average Bonchev–Trinajstić information content (AvgIpc) is 2.85. The Morgan fingerprint density at radius 3 is 2.66 bits per heavy atom. The average molecular weight is 556 g/mol. The molecule has 3 aromatic carbocycles. The quantitative estimate of drug-likeness (QED) is 0.323. The van der Waals surface area contributed by atoms with E-state index in [1.54, 1.807) is 61.5 Å². The van der Waals surface area contributed by atoms with E-state index in [1.807, 2.05) is 6.07 Å². The van der Waals surface area contributed by atoms with Gasteiger partial charge in [0.1, 0.15) is 5.82 Å². The number of hydrogen-bond acceptors (Lipinski definition) is 6. The van der Waals surface area contributed by atoms with Crippen LogP contribution >= 0.6 is 27.5 Å². The maximum absolute atomic E-state index is 12.9. The topological polar surface area (TPSA) is 94.8 Å². The Morgan fingerprint density at radius 2 is 1.91 bits per heavy atom. The van der Waals surface area contributed by atoms with E-state index in [0.717, 1.165) is 4.47 Å². The number of carbonyl (C=O) groups excluding carboxylic acids is 1. The number of rotatable bonds is 7. The third kappa shape index (κ3) is 5.87. The molecule has 0 aliphatic heterocycles. The minimum Gasteiger partial charge on any atom is -0.493 e. The number of aromatic nitrogens is 2. The Hall–Kier alpha value is -3.69. The van der Waals surface area contributed by atoms with Crippen LogP contribution in [0.2, 0.25) is 5.02 Å². The molecule has 0 atom stereocenters. The van der Waals surface area contributed by atoms with Gasteiger partial charge in [0.15, 0.2) is 18.1 Å². The minimum atomic E-state index is -0.328. The number of carbonyl (C=O) groups is 1. The number of anilines is 1. The van der Waals surface area contributed by atoms with Crippen molar-refractivity contribution in [2.75, 3.05) is 19.0 Å². The Balaban J connectivity index is 1.49. The van der Waals surface area contributed by atoms with E-state index in [4.69, 9.17) is 21.1 Å². The lowest BCUT2D eigenvalue weighted by molar-refractivity contribution is -0.118. The third-order valence-corrected chi connectivity index (χ3v) is 5.71. The molecule has 0 saturated heterocycles.